The van der Waals surface area contributed by atoms with Crippen LogP contribution in [0.25, 0.3) is 0 Å². The Balaban J connectivity index is 1.90. The van der Waals surface area contributed by atoms with E-state index in [1.165, 1.54) is 18.2 Å². The number of carbonyl (C=O) groups excluding carboxylic acids is 2. The molecule has 1 aromatic heterocycles. The van der Waals surface area contributed by atoms with Crippen molar-refractivity contribution >= 4 is 17.8 Å². The van der Waals surface area contributed by atoms with E-state index in [1.54, 1.807) is 4.90 Å². The summed E-state index contributed by atoms with van der Waals surface area (Å²) in [6, 6.07) is 4.38. The molecule has 1 aromatic rings. The molecule has 0 atom stereocenters. The Morgan fingerprint density at radius 1 is 1.25 bits per heavy atom. The van der Waals surface area contributed by atoms with Crippen molar-refractivity contribution in [3.05, 3.63) is 29.6 Å². The lowest BCUT2D eigenvalue weighted by Crippen LogP contribution is -2.43. The van der Waals surface area contributed by atoms with E-state index in [0.29, 0.717) is 32.5 Å². The van der Waals surface area contributed by atoms with Gasteiger partial charge in [0.05, 0.1) is 0 Å². The van der Waals surface area contributed by atoms with Crippen molar-refractivity contribution in [3.63, 3.8) is 0 Å². The van der Waals surface area contributed by atoms with Crippen LogP contribution >= 0.6 is 0 Å². The maximum absolute atomic E-state index is 12.4. The molecule has 24 heavy (non-hydrogen) atoms. The van der Waals surface area contributed by atoms with Gasteiger partial charge in [0, 0.05) is 25.6 Å². The first-order valence-corrected chi connectivity index (χ1v) is 8.30. The maximum Gasteiger partial charge on any atom is 0.354 e. The Labute approximate surface area is 141 Å². The third kappa shape index (κ3) is 4.53. The van der Waals surface area contributed by atoms with Crippen LogP contribution in [0.5, 0.6) is 0 Å². The van der Waals surface area contributed by atoms with Crippen molar-refractivity contribution < 1.29 is 19.5 Å². The number of hydrogen-bond donors (Lipinski definition) is 2. The van der Waals surface area contributed by atoms with Crippen LogP contribution in [0.3, 0.4) is 0 Å². The van der Waals surface area contributed by atoms with E-state index in [2.05, 4.69) is 17.2 Å². The highest BCUT2D eigenvalue weighted by atomic mass is 16.4. The largest absolute Gasteiger partial charge is 0.477 e. The summed E-state index contributed by atoms with van der Waals surface area (Å²) in [5.74, 6) is -1.46. The van der Waals surface area contributed by atoms with Gasteiger partial charge in [0.1, 0.15) is 11.4 Å². The van der Waals surface area contributed by atoms with Gasteiger partial charge in [-0.15, -0.1) is 0 Å². The predicted molar refractivity (Wildman–Crippen MR) is 87.7 cm³/mol. The van der Waals surface area contributed by atoms with Gasteiger partial charge in [-0.05, 0) is 31.4 Å². The molecular formula is C17H23N3O4. The summed E-state index contributed by atoms with van der Waals surface area (Å²) in [6.45, 7) is 3.72. The molecule has 1 fully saturated rings. The molecule has 2 heterocycles. The van der Waals surface area contributed by atoms with Gasteiger partial charge < -0.3 is 15.3 Å². The highest BCUT2D eigenvalue weighted by molar-refractivity contribution is 5.94. The van der Waals surface area contributed by atoms with E-state index in [9.17, 15) is 14.4 Å². The van der Waals surface area contributed by atoms with Gasteiger partial charge in [-0.25, -0.2) is 9.78 Å². The third-order valence-electron chi connectivity index (χ3n) is 4.17. The van der Waals surface area contributed by atoms with Gasteiger partial charge >= 0.3 is 5.97 Å². The zero-order chi connectivity index (χ0) is 17.5. The number of amides is 2. The molecule has 0 aromatic carbocycles. The number of carboxylic acids is 1. The van der Waals surface area contributed by atoms with Crippen LogP contribution in [0.1, 0.15) is 53.6 Å². The molecule has 7 heteroatoms. The number of aromatic nitrogens is 1. The predicted octanol–water partition coefficient (Wildman–Crippen LogP) is 1.55. The van der Waals surface area contributed by atoms with Crippen LogP contribution in [0, 0.1) is 5.92 Å². The number of carboxylic acid groups (broad SMARTS) is 1. The lowest BCUT2D eigenvalue weighted by Gasteiger charge is -2.31. The first kappa shape index (κ1) is 17.9. The number of aromatic carboxylic acids is 1. The minimum Gasteiger partial charge on any atom is -0.477 e. The molecule has 0 spiro atoms. The Morgan fingerprint density at radius 3 is 2.54 bits per heavy atom. The normalized spacial score (nSPS) is 15.1. The molecule has 0 bridgehead atoms. The van der Waals surface area contributed by atoms with E-state index in [0.717, 1.165) is 12.8 Å². The number of nitrogens with one attached hydrogen (secondary N) is 1. The summed E-state index contributed by atoms with van der Waals surface area (Å²) in [5, 5.41) is 11.9. The van der Waals surface area contributed by atoms with Gasteiger partial charge in [-0.2, -0.15) is 0 Å². The molecule has 1 aliphatic rings. The highest BCUT2D eigenvalue weighted by Gasteiger charge is 2.28. The van der Waals surface area contributed by atoms with Gasteiger partial charge in [-0.1, -0.05) is 19.4 Å². The topological polar surface area (TPSA) is 99.6 Å². The van der Waals surface area contributed by atoms with Crippen molar-refractivity contribution in [1.29, 1.82) is 0 Å². The zero-order valence-electron chi connectivity index (χ0n) is 13.8. The Kier molecular flexibility index (Phi) is 6.28. The molecule has 2 amide bonds. The second kappa shape index (κ2) is 8.42. The van der Waals surface area contributed by atoms with Gasteiger partial charge in [0.25, 0.3) is 5.91 Å². The van der Waals surface area contributed by atoms with Crippen molar-refractivity contribution in [1.82, 2.24) is 15.2 Å². The fraction of sp³-hybridized carbons (Fsp3) is 0.529. The fourth-order valence-electron chi connectivity index (χ4n) is 2.71. The second-order valence-corrected chi connectivity index (χ2v) is 5.92. The smallest absolute Gasteiger partial charge is 0.354 e. The van der Waals surface area contributed by atoms with Crippen molar-refractivity contribution in [2.75, 3.05) is 19.6 Å². The molecule has 1 saturated heterocycles. The van der Waals surface area contributed by atoms with Crippen LogP contribution in [-0.2, 0) is 4.79 Å². The minimum atomic E-state index is -1.16. The summed E-state index contributed by atoms with van der Waals surface area (Å²) >= 11 is 0. The number of pyridine rings is 1. The number of likely N-dealkylation sites (tertiary alicyclic amines) is 1. The van der Waals surface area contributed by atoms with Crippen LogP contribution in [0.4, 0.5) is 0 Å². The quantitative estimate of drug-likeness (QED) is 0.769. The minimum absolute atomic E-state index is 0.0570. The molecule has 7 nitrogen and oxygen atoms in total. The number of rotatable bonds is 6. The van der Waals surface area contributed by atoms with Gasteiger partial charge in [0.15, 0.2) is 0 Å². The fourth-order valence-corrected chi connectivity index (χ4v) is 2.71. The highest BCUT2D eigenvalue weighted by Crippen LogP contribution is 2.19. The Morgan fingerprint density at radius 2 is 1.92 bits per heavy atom. The average Bonchev–Trinajstić information content (AvgIpc) is 2.61. The van der Waals surface area contributed by atoms with Crippen LogP contribution in [-0.4, -0.2) is 52.4 Å². The average molecular weight is 333 g/mol. The van der Waals surface area contributed by atoms with Crippen LogP contribution < -0.4 is 5.32 Å². The summed E-state index contributed by atoms with van der Waals surface area (Å²) in [6.07, 6.45) is 3.23. The third-order valence-corrected chi connectivity index (χ3v) is 4.17. The summed E-state index contributed by atoms with van der Waals surface area (Å²) in [7, 11) is 0. The van der Waals surface area contributed by atoms with E-state index < -0.39 is 5.97 Å². The molecule has 0 unspecified atom stereocenters. The van der Waals surface area contributed by atoms with Crippen LogP contribution in [0.15, 0.2) is 18.2 Å². The Bertz CT molecular complexity index is 610. The van der Waals surface area contributed by atoms with Crippen LogP contribution in [0.2, 0.25) is 0 Å². The van der Waals surface area contributed by atoms with Gasteiger partial charge in [0.2, 0.25) is 5.91 Å². The molecule has 0 aliphatic carbocycles. The summed E-state index contributed by atoms with van der Waals surface area (Å²) in [5.41, 5.74) is -0.0215. The number of carbonyl (C=O) groups is 3. The van der Waals surface area contributed by atoms with E-state index in [-0.39, 0.29) is 29.1 Å². The van der Waals surface area contributed by atoms with Gasteiger partial charge in [-0.3, -0.25) is 9.59 Å². The maximum atomic E-state index is 12.4. The van der Waals surface area contributed by atoms with E-state index in [4.69, 9.17) is 5.11 Å². The van der Waals surface area contributed by atoms with Crippen molar-refractivity contribution in [2.45, 2.75) is 32.6 Å². The van der Waals surface area contributed by atoms with Crippen molar-refractivity contribution in [3.8, 4) is 0 Å². The first-order chi connectivity index (χ1) is 11.5. The second-order valence-electron chi connectivity index (χ2n) is 5.92. The standard InChI is InChI=1S/C17H23N3O4/c1-2-3-9-18-15(21)12-7-10-20(11-8-12)16(22)13-5-4-6-14(19-13)17(23)24/h4-6,12H,2-3,7-11H2,1H3,(H,18,21)(H,23,24). The monoisotopic (exact) mass is 333 g/mol. The molecule has 130 valence electrons. The molecule has 1 aliphatic heterocycles. The zero-order valence-corrected chi connectivity index (χ0v) is 13.8. The number of piperidine rings is 1. The van der Waals surface area contributed by atoms with E-state index >= 15 is 0 Å². The number of nitrogens with zero attached hydrogens (tertiary/aromatic N) is 2. The molecule has 0 radical (unpaired) electrons. The van der Waals surface area contributed by atoms with E-state index in [1.807, 2.05) is 0 Å². The van der Waals surface area contributed by atoms with Crippen molar-refractivity contribution in [2.24, 2.45) is 5.92 Å². The Hall–Kier alpha value is -2.44. The lowest BCUT2D eigenvalue weighted by molar-refractivity contribution is -0.126. The SMILES string of the molecule is CCCCNC(=O)C1CCN(C(=O)c2cccc(C(=O)O)n2)CC1. The lowest BCUT2D eigenvalue weighted by atomic mass is 9.95. The summed E-state index contributed by atoms with van der Waals surface area (Å²) < 4.78 is 0. The number of unbranched alkanes of at least 4 members (excludes halogenated alkanes) is 1. The molecule has 2 rings (SSSR count). The summed E-state index contributed by atoms with van der Waals surface area (Å²) in [4.78, 5) is 40.9. The number of hydrogen-bond acceptors (Lipinski definition) is 4. The molecule has 0 saturated carbocycles. The first-order valence-electron chi connectivity index (χ1n) is 8.30. The molecule has 2 N–H and O–H groups in total. The molecular weight excluding hydrogens is 310 g/mol.